The van der Waals surface area contributed by atoms with E-state index in [1.54, 1.807) is 6.92 Å². The van der Waals surface area contributed by atoms with E-state index in [0.29, 0.717) is 6.42 Å². The molecule has 0 spiro atoms. The molecule has 0 saturated carbocycles. The van der Waals surface area contributed by atoms with Gasteiger partial charge in [-0.2, -0.15) is 0 Å². The lowest BCUT2D eigenvalue weighted by atomic mass is 10.0. The minimum atomic E-state index is -3.47. The Hall–Kier alpha value is -0.970. The zero-order valence-corrected chi connectivity index (χ0v) is 10.3. The molecule has 1 saturated heterocycles. The van der Waals surface area contributed by atoms with Crippen LogP contribution in [0.1, 0.15) is 31.5 Å². The third-order valence-electron chi connectivity index (χ3n) is 3.37. The Labute approximate surface area is 99.6 Å². The molecule has 2 rings (SSSR count). The number of hydrogen-bond acceptors (Lipinski definition) is 2. The highest BCUT2D eigenvalue weighted by Gasteiger charge is 2.44. The molecule has 1 fully saturated rings. The summed E-state index contributed by atoms with van der Waals surface area (Å²) in [5.41, 5.74) is -0.157. The maximum Gasteiger partial charge on any atom is 0.158 e. The van der Waals surface area contributed by atoms with Crippen molar-refractivity contribution in [3.63, 3.8) is 0 Å². The van der Waals surface area contributed by atoms with Crippen LogP contribution in [-0.2, 0) is 9.84 Å². The van der Waals surface area contributed by atoms with Gasteiger partial charge in [0.15, 0.2) is 9.84 Å². The van der Waals surface area contributed by atoms with Crippen molar-refractivity contribution in [1.82, 2.24) is 0 Å². The van der Waals surface area contributed by atoms with E-state index in [1.165, 1.54) is 18.2 Å². The van der Waals surface area contributed by atoms with Crippen molar-refractivity contribution >= 4 is 9.84 Å². The fourth-order valence-electron chi connectivity index (χ4n) is 2.24. The fraction of sp³-hybridized carbons (Fsp3) is 0.500. The van der Waals surface area contributed by atoms with Crippen molar-refractivity contribution < 1.29 is 17.2 Å². The first kappa shape index (κ1) is 12.5. The molecule has 1 aliphatic rings. The summed E-state index contributed by atoms with van der Waals surface area (Å²) >= 11 is 0. The van der Waals surface area contributed by atoms with Crippen molar-refractivity contribution in [2.45, 2.75) is 36.4 Å². The summed E-state index contributed by atoms with van der Waals surface area (Å²) in [6.07, 6.45) is -1.06. The van der Waals surface area contributed by atoms with Gasteiger partial charge in [-0.15, -0.1) is 0 Å². The van der Waals surface area contributed by atoms with Gasteiger partial charge >= 0.3 is 0 Å². The monoisotopic (exact) mass is 260 g/mol. The molecule has 0 N–H and O–H groups in total. The van der Waals surface area contributed by atoms with Crippen molar-refractivity contribution in [3.8, 4) is 0 Å². The molecule has 0 bridgehead atoms. The van der Waals surface area contributed by atoms with E-state index in [4.69, 9.17) is 0 Å². The Morgan fingerprint density at radius 3 is 2.47 bits per heavy atom. The predicted molar refractivity (Wildman–Crippen MR) is 61.7 cm³/mol. The van der Waals surface area contributed by atoms with Crippen molar-refractivity contribution in [2.75, 3.05) is 0 Å². The molecule has 5 heteroatoms. The van der Waals surface area contributed by atoms with Crippen molar-refractivity contribution in [3.05, 3.63) is 35.6 Å². The van der Waals surface area contributed by atoms with E-state index in [2.05, 4.69) is 0 Å². The summed E-state index contributed by atoms with van der Waals surface area (Å²) in [7, 11) is -3.47. The lowest BCUT2D eigenvalue weighted by molar-refractivity contribution is 0.314. The highest BCUT2D eigenvalue weighted by Crippen LogP contribution is 2.38. The zero-order chi connectivity index (χ0) is 12.6. The number of benzene rings is 1. The largest absolute Gasteiger partial charge is 0.241 e. The molecule has 3 unspecified atom stereocenters. The maximum atomic E-state index is 14.2. The summed E-state index contributed by atoms with van der Waals surface area (Å²) in [6.45, 7) is 1.57. The van der Waals surface area contributed by atoms with Crippen LogP contribution < -0.4 is 0 Å². The minimum absolute atomic E-state index is 0.157. The zero-order valence-electron chi connectivity index (χ0n) is 9.44. The number of hydrogen-bond donors (Lipinski definition) is 0. The molecular formula is C12H14F2O2S. The van der Waals surface area contributed by atoms with Gasteiger partial charge in [0.25, 0.3) is 0 Å². The maximum absolute atomic E-state index is 14.2. The van der Waals surface area contributed by atoms with E-state index >= 15 is 0 Å². The normalized spacial score (nSPS) is 29.1. The van der Waals surface area contributed by atoms with Crippen molar-refractivity contribution in [1.29, 1.82) is 0 Å². The van der Waals surface area contributed by atoms with E-state index in [0.717, 1.165) is 6.07 Å². The number of alkyl halides is 1. The molecule has 94 valence electrons. The molecule has 0 radical (unpaired) electrons. The SMILES string of the molecule is CC1CCC(C(F)c2ccccc2F)S1(=O)=O. The van der Waals surface area contributed by atoms with Gasteiger partial charge in [0.05, 0.1) is 10.5 Å². The Bertz CT molecular complexity index is 513. The Kier molecular flexibility index (Phi) is 3.21. The molecule has 0 aliphatic carbocycles. The van der Waals surface area contributed by atoms with Gasteiger partial charge in [0.2, 0.25) is 0 Å². The van der Waals surface area contributed by atoms with Crippen LogP contribution in [0.4, 0.5) is 8.78 Å². The highest BCUT2D eigenvalue weighted by atomic mass is 32.2. The first-order valence-electron chi connectivity index (χ1n) is 5.56. The summed E-state index contributed by atoms with van der Waals surface area (Å²) in [6, 6.07) is 5.42. The smallest absolute Gasteiger partial charge is 0.158 e. The van der Waals surface area contributed by atoms with Crippen LogP contribution in [0.2, 0.25) is 0 Å². The van der Waals surface area contributed by atoms with Crippen LogP contribution in [0.25, 0.3) is 0 Å². The van der Waals surface area contributed by atoms with E-state index in [9.17, 15) is 17.2 Å². The Balaban J connectivity index is 2.34. The molecule has 1 aromatic rings. The van der Waals surface area contributed by atoms with E-state index in [-0.39, 0.29) is 12.0 Å². The lowest BCUT2D eigenvalue weighted by Gasteiger charge is -2.16. The van der Waals surface area contributed by atoms with Crippen LogP contribution in [0.15, 0.2) is 24.3 Å². The molecule has 1 aliphatic heterocycles. The standard InChI is InChI=1S/C12H14F2O2S/c1-8-6-7-11(17(8,15)16)12(14)9-4-2-3-5-10(9)13/h2-5,8,11-12H,6-7H2,1H3. The second-order valence-electron chi connectivity index (χ2n) is 4.44. The Morgan fingerprint density at radius 2 is 1.94 bits per heavy atom. The summed E-state index contributed by atoms with van der Waals surface area (Å²) < 4.78 is 51.3. The van der Waals surface area contributed by atoms with Gasteiger partial charge in [-0.25, -0.2) is 17.2 Å². The molecule has 0 amide bonds. The second-order valence-corrected chi connectivity index (χ2v) is 7.03. The number of sulfone groups is 1. The molecule has 1 heterocycles. The minimum Gasteiger partial charge on any atom is -0.241 e. The first-order chi connectivity index (χ1) is 7.94. The van der Waals surface area contributed by atoms with Gasteiger partial charge in [0, 0.05) is 5.56 Å². The summed E-state index contributed by atoms with van der Waals surface area (Å²) in [5.74, 6) is -0.685. The van der Waals surface area contributed by atoms with Crippen LogP contribution in [0, 0.1) is 5.82 Å². The average Bonchev–Trinajstić information content (AvgIpc) is 2.54. The topological polar surface area (TPSA) is 34.1 Å². The third-order valence-corrected chi connectivity index (χ3v) is 6.05. The second kappa shape index (κ2) is 4.37. The van der Waals surface area contributed by atoms with Crippen molar-refractivity contribution in [2.24, 2.45) is 0 Å². The molecule has 17 heavy (non-hydrogen) atoms. The van der Waals surface area contributed by atoms with E-state index < -0.39 is 32.3 Å². The first-order valence-corrected chi connectivity index (χ1v) is 7.16. The molecule has 1 aromatic carbocycles. The summed E-state index contributed by atoms with van der Waals surface area (Å²) in [5, 5.41) is -1.63. The van der Waals surface area contributed by atoms with Crippen LogP contribution in [-0.4, -0.2) is 18.9 Å². The summed E-state index contributed by atoms with van der Waals surface area (Å²) in [4.78, 5) is 0. The average molecular weight is 260 g/mol. The van der Waals surface area contributed by atoms with Crippen LogP contribution in [0.5, 0.6) is 0 Å². The predicted octanol–water partition coefficient (Wildman–Crippen LogP) is 2.80. The van der Waals surface area contributed by atoms with E-state index in [1.807, 2.05) is 0 Å². The molecular weight excluding hydrogens is 246 g/mol. The number of rotatable bonds is 2. The highest BCUT2D eigenvalue weighted by molar-refractivity contribution is 7.92. The lowest BCUT2D eigenvalue weighted by Crippen LogP contribution is -2.25. The quantitative estimate of drug-likeness (QED) is 0.819. The van der Waals surface area contributed by atoms with Gasteiger partial charge in [0.1, 0.15) is 12.0 Å². The third kappa shape index (κ3) is 2.08. The Morgan fingerprint density at radius 1 is 1.29 bits per heavy atom. The van der Waals surface area contributed by atoms with Crippen LogP contribution >= 0.6 is 0 Å². The van der Waals surface area contributed by atoms with Gasteiger partial charge in [-0.3, -0.25) is 0 Å². The number of halogens is 2. The van der Waals surface area contributed by atoms with Gasteiger partial charge in [-0.05, 0) is 25.8 Å². The van der Waals surface area contributed by atoms with Crippen LogP contribution in [0.3, 0.4) is 0 Å². The molecule has 0 aromatic heterocycles. The van der Waals surface area contributed by atoms with Gasteiger partial charge in [-0.1, -0.05) is 18.2 Å². The fourth-order valence-corrected chi connectivity index (χ4v) is 4.24. The van der Waals surface area contributed by atoms with Gasteiger partial charge < -0.3 is 0 Å². The molecule has 2 nitrogen and oxygen atoms in total. The molecule has 3 atom stereocenters.